The van der Waals surface area contributed by atoms with Gasteiger partial charge < -0.3 is 28.8 Å². The number of alkyl halides is 6. The standard InChI is InChI=1S/C35H26ClF6N3O8/c36-28-13-14-29(44-43-28)49-25-7-1-21(2-8-25)20-45-18-17-24(19-32(45)52-30(46)15-16-31(47)53-32)33(48,22-3-9-26(10-4-22)50-34(37,38)39)23-5-11-27(12-6-23)51-35(40,41)42/h1-16,24,48H,17-20H2. The van der Waals surface area contributed by atoms with E-state index in [4.69, 9.17) is 25.8 Å². The van der Waals surface area contributed by atoms with E-state index in [1.807, 2.05) is 0 Å². The summed E-state index contributed by atoms with van der Waals surface area (Å²) >= 11 is 5.77. The third kappa shape index (κ3) is 8.98. The number of carbonyl (C=O) groups excluding carboxylic acids is 2. The number of halogens is 7. The van der Waals surface area contributed by atoms with Crippen LogP contribution >= 0.6 is 11.6 Å². The molecule has 1 unspecified atom stereocenters. The van der Waals surface area contributed by atoms with Gasteiger partial charge in [0.1, 0.15) is 22.8 Å². The van der Waals surface area contributed by atoms with Gasteiger partial charge in [0.25, 0.3) is 0 Å². The van der Waals surface area contributed by atoms with Crippen LogP contribution in [-0.4, -0.2) is 57.3 Å². The van der Waals surface area contributed by atoms with E-state index >= 15 is 0 Å². The van der Waals surface area contributed by atoms with Crippen LogP contribution in [0.2, 0.25) is 5.15 Å². The van der Waals surface area contributed by atoms with E-state index in [1.165, 1.54) is 12.1 Å². The third-order valence-corrected chi connectivity index (χ3v) is 8.58. The van der Waals surface area contributed by atoms with Gasteiger partial charge in [0, 0.05) is 43.6 Å². The van der Waals surface area contributed by atoms with Crippen molar-refractivity contribution in [2.24, 2.45) is 5.92 Å². The quantitative estimate of drug-likeness (QED) is 0.138. The lowest BCUT2D eigenvalue weighted by Crippen LogP contribution is -2.60. The van der Waals surface area contributed by atoms with E-state index < -0.39 is 53.6 Å². The van der Waals surface area contributed by atoms with Crippen LogP contribution in [-0.2, 0) is 31.2 Å². The molecule has 11 nitrogen and oxygen atoms in total. The minimum absolute atomic E-state index is 0.00970. The number of hydrogen-bond donors (Lipinski definition) is 1. The smallest absolute Gasteiger partial charge is 0.438 e. The first kappa shape index (κ1) is 37.4. The van der Waals surface area contributed by atoms with Gasteiger partial charge in [-0.25, -0.2) is 14.5 Å². The first-order valence-electron chi connectivity index (χ1n) is 15.6. The zero-order chi connectivity index (χ0) is 38.0. The van der Waals surface area contributed by atoms with Gasteiger partial charge in [-0.3, -0.25) is 0 Å². The monoisotopic (exact) mass is 765 g/mol. The molecule has 6 rings (SSSR count). The second-order valence-electron chi connectivity index (χ2n) is 11.9. The summed E-state index contributed by atoms with van der Waals surface area (Å²) < 4.78 is 103. The number of esters is 2. The van der Waals surface area contributed by atoms with Crippen molar-refractivity contribution >= 4 is 23.5 Å². The van der Waals surface area contributed by atoms with Gasteiger partial charge in [-0.1, -0.05) is 48.0 Å². The topological polar surface area (TPSA) is 130 Å². The van der Waals surface area contributed by atoms with Gasteiger partial charge >= 0.3 is 30.6 Å². The minimum atomic E-state index is -5.01. The minimum Gasteiger partial charge on any atom is -0.438 e. The molecule has 1 fully saturated rings. The van der Waals surface area contributed by atoms with Gasteiger partial charge in [-0.15, -0.1) is 36.5 Å². The second kappa shape index (κ2) is 14.6. The fraction of sp³-hybridized carbons (Fsp3) is 0.257. The van der Waals surface area contributed by atoms with Crippen molar-refractivity contribution < 1.29 is 64.7 Å². The second-order valence-corrected chi connectivity index (χ2v) is 12.2. The van der Waals surface area contributed by atoms with Crippen molar-refractivity contribution in [3.63, 3.8) is 0 Å². The lowest BCUT2D eigenvalue weighted by Gasteiger charge is -2.50. The van der Waals surface area contributed by atoms with Gasteiger partial charge in [-0.05, 0) is 65.6 Å². The molecule has 3 aromatic carbocycles. The Morgan fingerprint density at radius 2 is 1.26 bits per heavy atom. The number of nitrogens with zero attached hydrogens (tertiary/aromatic N) is 3. The zero-order valence-electron chi connectivity index (χ0n) is 26.9. The largest absolute Gasteiger partial charge is 0.573 e. The van der Waals surface area contributed by atoms with Crippen molar-refractivity contribution in [1.82, 2.24) is 15.1 Å². The summed E-state index contributed by atoms with van der Waals surface area (Å²) in [5.41, 5.74) is -1.50. The summed E-state index contributed by atoms with van der Waals surface area (Å²) in [7, 11) is 0. The Morgan fingerprint density at radius 3 is 1.74 bits per heavy atom. The van der Waals surface area contributed by atoms with Gasteiger partial charge in [0.15, 0.2) is 5.15 Å². The van der Waals surface area contributed by atoms with Crippen molar-refractivity contribution in [2.45, 2.75) is 43.6 Å². The molecular formula is C35H26ClF6N3O8. The summed E-state index contributed by atoms with van der Waals surface area (Å²) in [6.45, 7) is 0.0520. The Labute approximate surface area is 301 Å². The molecule has 0 amide bonds. The maximum atomic E-state index is 12.9. The number of carbonyl (C=O) groups is 2. The van der Waals surface area contributed by atoms with Gasteiger partial charge in [-0.2, -0.15) is 0 Å². The zero-order valence-corrected chi connectivity index (χ0v) is 27.7. The molecule has 2 aliphatic rings. The summed E-state index contributed by atoms with van der Waals surface area (Å²) in [4.78, 5) is 27.3. The van der Waals surface area contributed by atoms with E-state index in [1.54, 1.807) is 29.2 Å². The normalized spacial score (nSPS) is 17.8. The average Bonchev–Trinajstić information content (AvgIpc) is 3.23. The number of hydrogen-bond acceptors (Lipinski definition) is 11. The molecule has 1 atom stereocenters. The van der Waals surface area contributed by atoms with Crippen LogP contribution in [0.15, 0.2) is 97.1 Å². The maximum absolute atomic E-state index is 12.9. The Morgan fingerprint density at radius 1 is 0.755 bits per heavy atom. The van der Waals surface area contributed by atoms with E-state index in [0.29, 0.717) is 11.3 Å². The molecule has 1 spiro atoms. The number of aliphatic hydroxyl groups is 1. The maximum Gasteiger partial charge on any atom is 0.573 e. The first-order valence-corrected chi connectivity index (χ1v) is 16.0. The predicted molar refractivity (Wildman–Crippen MR) is 170 cm³/mol. The number of ether oxygens (including phenoxy) is 5. The van der Waals surface area contributed by atoms with Crippen LogP contribution < -0.4 is 14.2 Å². The molecule has 0 saturated carbocycles. The van der Waals surface area contributed by atoms with Crippen LogP contribution in [0, 0.1) is 5.92 Å². The SMILES string of the molecule is O=C1C=CC(=O)OC2(CC(C(O)(c3ccc(OC(F)(F)F)cc3)c3ccc(OC(F)(F)F)cc3)CCN2Cc2ccc(Oc3ccc(Cl)nn3)cc2)O1. The van der Waals surface area contributed by atoms with Crippen LogP contribution in [0.1, 0.15) is 29.5 Å². The van der Waals surface area contributed by atoms with E-state index in [9.17, 15) is 41.0 Å². The van der Waals surface area contributed by atoms with Crippen LogP contribution in [0.3, 0.4) is 0 Å². The lowest BCUT2D eigenvalue weighted by atomic mass is 9.71. The molecular weight excluding hydrogens is 740 g/mol. The molecule has 1 aromatic heterocycles. The highest BCUT2D eigenvalue weighted by atomic mass is 35.5. The van der Waals surface area contributed by atoms with Crippen molar-refractivity contribution in [3.8, 4) is 23.1 Å². The Bertz CT molecular complexity index is 1880. The Balaban J connectivity index is 1.33. The summed E-state index contributed by atoms with van der Waals surface area (Å²) in [6, 6.07) is 18.2. The Hall–Kier alpha value is -5.39. The predicted octanol–water partition coefficient (Wildman–Crippen LogP) is 7.18. The first-order chi connectivity index (χ1) is 25.0. The van der Waals surface area contributed by atoms with Crippen LogP contribution in [0.4, 0.5) is 26.3 Å². The fourth-order valence-electron chi connectivity index (χ4n) is 6.15. The molecule has 0 aliphatic carbocycles. The lowest BCUT2D eigenvalue weighted by molar-refractivity contribution is -0.309. The molecule has 278 valence electrons. The van der Waals surface area contributed by atoms with Crippen LogP contribution in [0.5, 0.6) is 23.1 Å². The number of rotatable bonds is 9. The highest BCUT2D eigenvalue weighted by Gasteiger charge is 2.55. The summed E-state index contributed by atoms with van der Waals surface area (Å²) in [5.74, 6) is -5.65. The molecule has 1 saturated heterocycles. The molecule has 4 aromatic rings. The van der Waals surface area contributed by atoms with Gasteiger partial charge in [0.05, 0.1) is 0 Å². The highest BCUT2D eigenvalue weighted by Crippen LogP contribution is 2.48. The van der Waals surface area contributed by atoms with Gasteiger partial charge in [0.2, 0.25) is 5.88 Å². The van der Waals surface area contributed by atoms with Crippen molar-refractivity contribution in [2.75, 3.05) is 6.54 Å². The molecule has 2 aliphatic heterocycles. The van der Waals surface area contributed by atoms with E-state index in [2.05, 4.69) is 19.7 Å². The van der Waals surface area contributed by atoms with Crippen molar-refractivity contribution in [1.29, 1.82) is 0 Å². The molecule has 18 heteroatoms. The van der Waals surface area contributed by atoms with Crippen LogP contribution in [0.25, 0.3) is 0 Å². The number of benzene rings is 3. The number of aromatic nitrogens is 2. The highest BCUT2D eigenvalue weighted by molar-refractivity contribution is 6.29. The average molecular weight is 766 g/mol. The Kier molecular flexibility index (Phi) is 10.3. The third-order valence-electron chi connectivity index (χ3n) is 8.38. The molecule has 3 heterocycles. The summed E-state index contributed by atoms with van der Waals surface area (Å²) in [6.07, 6.45) is -8.57. The van der Waals surface area contributed by atoms with E-state index in [-0.39, 0.29) is 48.1 Å². The summed E-state index contributed by atoms with van der Waals surface area (Å²) in [5, 5.41) is 20.4. The molecule has 53 heavy (non-hydrogen) atoms. The molecule has 1 N–H and O–H groups in total. The fourth-order valence-corrected chi connectivity index (χ4v) is 6.25. The number of likely N-dealkylation sites (tertiary alicyclic amines) is 1. The molecule has 0 radical (unpaired) electrons. The molecule has 0 bridgehead atoms. The van der Waals surface area contributed by atoms with E-state index in [0.717, 1.165) is 60.7 Å². The number of piperidine rings is 1. The van der Waals surface area contributed by atoms with Crippen molar-refractivity contribution in [3.05, 3.63) is 119 Å².